The molecule has 0 radical (unpaired) electrons. The van der Waals surface area contributed by atoms with Crippen LogP contribution in [0.2, 0.25) is 5.02 Å². The third kappa shape index (κ3) is 22.5. The fourth-order valence-electron chi connectivity index (χ4n) is 5.87. The highest BCUT2D eigenvalue weighted by molar-refractivity contribution is 7.94. The number of carboxylic acid groups (broad SMARTS) is 2. The molecule has 1 aliphatic heterocycles. The van der Waals surface area contributed by atoms with Crippen LogP contribution < -0.4 is 29.5 Å². The standard InChI is InChI=1S/C14H7ClF3NO5.C14H20ClNO2.C11H11Cl2NO2.C3H8NO5P.C3H9S/c15-10-5-7(14(16,17)18)1-4-12(10)24-8-2-3-11(19(22)23)9(6-8)13(20)21;1-4-11-7-6-8-12(5-2)14(11)16(10-18-3)13(17)9-15;1-7-6-16-9-5-3-2-4-8(9)14(7)11(15)10(12)13;5-3(6)1-4-2-10(7,8)9;1-4(2)3/h1-6H,(H,20,21);6-8H,4-5,9-10H2,1-3H3;2-5,7,10H,6H2,1H3;4H,1-2H2,(H,5,6)(H2,7,8,9);1-3H3/q;;;;+1/p-1. The molecule has 72 heavy (non-hydrogen) atoms. The van der Waals surface area contributed by atoms with Gasteiger partial charge in [0.25, 0.3) is 11.6 Å². The Kier molecular flexibility index (Phi) is 28.6. The van der Waals surface area contributed by atoms with Gasteiger partial charge in [0.05, 0.1) is 64.5 Å². The van der Waals surface area contributed by atoms with E-state index in [2.05, 4.69) is 32.6 Å². The Morgan fingerprint density at radius 3 is 2.04 bits per heavy atom. The summed E-state index contributed by atoms with van der Waals surface area (Å²) in [6, 6.07) is 18.6. The lowest BCUT2D eigenvalue weighted by molar-refractivity contribution is -0.385. The second-order valence-electron chi connectivity index (χ2n) is 15.0. The van der Waals surface area contributed by atoms with Gasteiger partial charge in [-0.25, -0.2) is 4.79 Å². The lowest BCUT2D eigenvalue weighted by Gasteiger charge is -2.35. The number of aromatic carboxylic acids is 1. The van der Waals surface area contributed by atoms with Gasteiger partial charge in [-0.3, -0.25) is 34.7 Å². The van der Waals surface area contributed by atoms with Crippen LogP contribution in [-0.4, -0.2) is 113 Å². The Morgan fingerprint density at radius 2 is 1.58 bits per heavy atom. The SMILES string of the molecule is CC1COc2ccccc2N1C(=O)C(Cl)Cl.CCc1cccc(CC)c1N(COC)C(=O)CCl.C[S+](C)C.O=C(O)CNCP(=O)([O-])O.O=C(O)c1cc(Oc2ccc(C(F)(F)F)cc2Cl)ccc1[N+](=O)[O-]. The topological polar surface area (TPSA) is 258 Å². The summed E-state index contributed by atoms with van der Waals surface area (Å²) < 4.78 is 63.5. The molecule has 2 atom stereocenters. The summed E-state index contributed by atoms with van der Waals surface area (Å²) in [5.74, 6) is -2.80. The third-order valence-electron chi connectivity index (χ3n) is 8.85. The molecule has 1 aliphatic rings. The van der Waals surface area contributed by atoms with Gasteiger partial charge >= 0.3 is 18.1 Å². The number of aryl methyl sites for hydroxylation is 2. The smallest absolute Gasteiger partial charge is 0.416 e. The summed E-state index contributed by atoms with van der Waals surface area (Å²) in [5, 5.41) is 29.4. The van der Waals surface area contributed by atoms with E-state index in [9.17, 15) is 51.9 Å². The van der Waals surface area contributed by atoms with Gasteiger partial charge in [0, 0.05) is 19.2 Å². The number of halogens is 7. The van der Waals surface area contributed by atoms with Gasteiger partial charge in [0.15, 0.2) is 4.84 Å². The second kappa shape index (κ2) is 31.7. The molecule has 0 bridgehead atoms. The largest absolute Gasteiger partial charge is 0.778 e. The minimum atomic E-state index is -4.58. The van der Waals surface area contributed by atoms with E-state index in [1.54, 1.807) is 16.9 Å². The number of fused-ring (bicyclic) bond motifs is 1. The first-order valence-electron chi connectivity index (χ1n) is 20.8. The Hall–Kier alpha value is -4.87. The molecule has 0 aromatic heterocycles. The van der Waals surface area contributed by atoms with Crippen LogP contribution in [-0.2, 0) is 53.6 Å². The van der Waals surface area contributed by atoms with E-state index in [0.717, 1.165) is 65.7 Å². The molecule has 5 rings (SSSR count). The summed E-state index contributed by atoms with van der Waals surface area (Å²) in [6.07, 6.45) is 3.04. The third-order valence-corrected chi connectivity index (χ3v) is 10.4. The fraction of sp³-hybridized carbons (Fsp3) is 0.378. The van der Waals surface area contributed by atoms with Crippen molar-refractivity contribution in [1.82, 2.24) is 5.32 Å². The van der Waals surface area contributed by atoms with Gasteiger partial charge in [0.2, 0.25) is 5.91 Å². The van der Waals surface area contributed by atoms with E-state index in [4.69, 9.17) is 75.7 Å². The predicted molar refractivity (Wildman–Crippen MR) is 272 cm³/mol. The molecule has 4 aromatic rings. The van der Waals surface area contributed by atoms with Crippen LogP contribution in [0.5, 0.6) is 17.2 Å². The summed E-state index contributed by atoms with van der Waals surface area (Å²) in [6.45, 7) is 6.25. The average molecular weight is 1140 g/mol. The molecule has 0 saturated carbocycles. The molecule has 0 spiro atoms. The van der Waals surface area contributed by atoms with Crippen molar-refractivity contribution in [2.45, 2.75) is 50.7 Å². The Labute approximate surface area is 436 Å². The van der Waals surface area contributed by atoms with Gasteiger partial charge in [-0.05, 0) is 78.2 Å². The van der Waals surface area contributed by atoms with Gasteiger partial charge in [-0.15, -0.1) is 11.6 Å². The van der Waals surface area contributed by atoms with Crippen molar-refractivity contribution in [3.63, 3.8) is 0 Å². The summed E-state index contributed by atoms with van der Waals surface area (Å²) in [5.41, 5.74) is 1.71. The first-order chi connectivity index (χ1) is 33.5. The lowest BCUT2D eigenvalue weighted by Crippen LogP contribution is -2.47. The number of ether oxygens (including phenoxy) is 3. The highest BCUT2D eigenvalue weighted by Crippen LogP contribution is 2.38. The van der Waals surface area contributed by atoms with Crippen LogP contribution in [0.25, 0.3) is 0 Å². The fourth-order valence-corrected chi connectivity index (χ4v) is 6.83. The monoisotopic (exact) mass is 1130 g/mol. The Morgan fingerprint density at radius 1 is 1.00 bits per heavy atom. The number of rotatable bonds is 15. The number of nitrogens with one attached hydrogen (secondary N) is 1. The molecule has 4 N–H and O–H groups in total. The zero-order valence-electron chi connectivity index (χ0n) is 39.8. The minimum absolute atomic E-state index is 0.0371. The van der Waals surface area contributed by atoms with E-state index in [-0.39, 0.29) is 47.0 Å². The van der Waals surface area contributed by atoms with Crippen molar-refractivity contribution in [1.29, 1.82) is 0 Å². The van der Waals surface area contributed by atoms with Crippen LogP contribution in [0.15, 0.2) is 78.9 Å². The number of benzene rings is 4. The number of para-hydroxylation sites is 3. The lowest BCUT2D eigenvalue weighted by atomic mass is 10.0. The summed E-state index contributed by atoms with van der Waals surface area (Å²) in [4.78, 5) is 74.7. The van der Waals surface area contributed by atoms with Gasteiger partial charge < -0.3 is 43.7 Å². The molecule has 0 aliphatic carbocycles. The molecule has 398 valence electrons. The molecule has 27 heteroatoms. The molecule has 1 heterocycles. The van der Waals surface area contributed by atoms with Crippen LogP contribution in [0.3, 0.4) is 0 Å². The van der Waals surface area contributed by atoms with Gasteiger partial charge in [-0.1, -0.05) is 79.0 Å². The Balaban J connectivity index is 0.000000485. The molecule has 0 fully saturated rings. The van der Waals surface area contributed by atoms with E-state index in [1.807, 2.05) is 54.7 Å². The number of hydrogen-bond donors (Lipinski definition) is 4. The van der Waals surface area contributed by atoms with Crippen LogP contribution in [0, 0.1) is 10.1 Å². The number of aliphatic carboxylic acids is 1. The molecule has 4 aromatic carbocycles. The zero-order chi connectivity index (χ0) is 55.1. The number of methoxy groups -OCH3 is 1. The van der Waals surface area contributed by atoms with Crippen molar-refractivity contribution < 1.29 is 76.0 Å². The number of carbonyl (C=O) groups is 4. The highest BCUT2D eigenvalue weighted by Gasteiger charge is 2.33. The van der Waals surface area contributed by atoms with Gasteiger partial charge in [-0.2, -0.15) is 13.2 Å². The highest BCUT2D eigenvalue weighted by atomic mass is 35.5. The van der Waals surface area contributed by atoms with Crippen molar-refractivity contribution in [2.75, 3.05) is 67.7 Å². The summed E-state index contributed by atoms with van der Waals surface area (Å²) in [7, 11) is -2.13. The number of anilines is 2. The number of amides is 2. The van der Waals surface area contributed by atoms with Gasteiger partial charge in [0.1, 0.15) is 49.6 Å². The Bertz CT molecular complexity index is 2470. The first kappa shape index (κ1) is 65.1. The average Bonchev–Trinajstić information content (AvgIpc) is 3.30. The van der Waals surface area contributed by atoms with E-state index in [0.29, 0.717) is 29.3 Å². The van der Waals surface area contributed by atoms with E-state index in [1.165, 1.54) is 0 Å². The van der Waals surface area contributed by atoms with Crippen LogP contribution in [0.4, 0.5) is 30.2 Å². The first-order valence-corrected chi connectivity index (χ1v) is 26.8. The minimum Gasteiger partial charge on any atom is -0.778 e. The maximum absolute atomic E-state index is 12.6. The van der Waals surface area contributed by atoms with Crippen molar-refractivity contribution >= 4 is 106 Å². The number of alkyl halides is 6. The normalized spacial score (nSPS) is 13.4. The van der Waals surface area contributed by atoms with Crippen LogP contribution >= 0.6 is 54.0 Å². The maximum atomic E-state index is 12.6. The second-order valence-corrected chi connectivity index (χ2v) is 20.8. The number of nitro benzene ring substituents is 1. The quantitative estimate of drug-likeness (QED) is 0.0216. The summed E-state index contributed by atoms with van der Waals surface area (Å²) >= 11 is 22.7. The molecular formula is C45H54Cl4F3N4O14PS. The number of carboxylic acids is 2. The van der Waals surface area contributed by atoms with Crippen LogP contribution in [0.1, 0.15) is 47.8 Å². The van der Waals surface area contributed by atoms with Crippen molar-refractivity contribution in [3.8, 4) is 17.2 Å². The number of nitro groups is 1. The van der Waals surface area contributed by atoms with E-state index < -0.39 is 65.1 Å². The zero-order valence-corrected chi connectivity index (χ0v) is 44.5. The number of carbonyl (C=O) groups excluding carboxylic acids is 2. The van der Waals surface area contributed by atoms with Crippen molar-refractivity contribution in [3.05, 3.63) is 116 Å². The predicted octanol–water partition coefficient (Wildman–Crippen LogP) is 9.01. The number of nitrogens with zero attached hydrogens (tertiary/aromatic N) is 3. The molecule has 0 saturated heterocycles. The van der Waals surface area contributed by atoms with Crippen molar-refractivity contribution in [2.24, 2.45) is 0 Å². The number of hydrogen-bond acceptors (Lipinski definition) is 12. The molecule has 18 nitrogen and oxygen atoms in total. The molecule has 2 unspecified atom stereocenters. The molecule has 2 amide bonds. The van der Waals surface area contributed by atoms with E-state index >= 15 is 0 Å². The molecular weight excluding hydrogens is 1080 g/mol. The maximum Gasteiger partial charge on any atom is 0.416 e.